The summed E-state index contributed by atoms with van der Waals surface area (Å²) >= 11 is 0. The van der Waals surface area contributed by atoms with Crippen LogP contribution in [-0.4, -0.2) is 29.2 Å². The van der Waals surface area contributed by atoms with E-state index >= 15 is 0 Å². The number of aliphatic hydroxyl groups excluding tert-OH is 1. The minimum absolute atomic E-state index is 0.0135. The normalized spacial score (nSPS) is 35.1. The van der Waals surface area contributed by atoms with Gasteiger partial charge in [-0.1, -0.05) is 30.3 Å². The molecule has 98 valence electrons. The quantitative estimate of drug-likeness (QED) is 0.885. The molecule has 2 aliphatic rings. The molecule has 2 saturated carbocycles. The molecule has 0 aromatic heterocycles. The average molecular weight is 245 g/mol. The van der Waals surface area contributed by atoms with E-state index in [2.05, 4.69) is 42.3 Å². The Morgan fingerprint density at radius 1 is 1.06 bits per heavy atom. The molecule has 1 N–H and O–H groups in total. The van der Waals surface area contributed by atoms with Crippen molar-refractivity contribution in [1.29, 1.82) is 0 Å². The molecule has 18 heavy (non-hydrogen) atoms. The molecule has 0 radical (unpaired) electrons. The van der Waals surface area contributed by atoms with Crippen LogP contribution in [0.3, 0.4) is 0 Å². The Morgan fingerprint density at radius 2 is 1.67 bits per heavy atom. The Bertz CT molecular complexity index is 377. The molecule has 2 heteroatoms. The van der Waals surface area contributed by atoms with E-state index in [4.69, 9.17) is 0 Å². The van der Waals surface area contributed by atoms with E-state index in [-0.39, 0.29) is 6.10 Å². The number of hydrogen-bond donors (Lipinski definition) is 1. The summed E-state index contributed by atoms with van der Waals surface area (Å²) in [5.41, 5.74) is 1.40. The molecule has 0 spiro atoms. The molecular formula is C16H23NO. The molecular weight excluding hydrogens is 222 g/mol. The van der Waals surface area contributed by atoms with Gasteiger partial charge in [0.2, 0.25) is 0 Å². The highest BCUT2D eigenvalue weighted by atomic mass is 16.3. The van der Waals surface area contributed by atoms with Crippen molar-refractivity contribution in [1.82, 2.24) is 4.90 Å². The topological polar surface area (TPSA) is 23.5 Å². The van der Waals surface area contributed by atoms with Crippen LogP contribution in [0.25, 0.3) is 0 Å². The first-order valence-corrected chi connectivity index (χ1v) is 7.14. The van der Waals surface area contributed by atoms with Gasteiger partial charge in [-0.2, -0.15) is 0 Å². The minimum atomic E-state index is -0.0135. The highest BCUT2D eigenvalue weighted by molar-refractivity contribution is 5.14. The summed E-state index contributed by atoms with van der Waals surface area (Å²) in [5, 5.41) is 9.68. The van der Waals surface area contributed by atoms with Gasteiger partial charge in [-0.15, -0.1) is 0 Å². The standard InChI is InChI=1S/C16H23NO/c1-17(11-12-5-3-2-4-6-12)15-7-13-9-16(18)10-14(13)8-15/h2-6,13-16,18H,7-11H2,1H3/t13-,14+,15?,16?. The van der Waals surface area contributed by atoms with Gasteiger partial charge in [-0.3, -0.25) is 4.90 Å². The summed E-state index contributed by atoms with van der Waals surface area (Å²) in [6.45, 7) is 1.05. The van der Waals surface area contributed by atoms with E-state index in [9.17, 15) is 5.11 Å². The van der Waals surface area contributed by atoms with Crippen molar-refractivity contribution < 1.29 is 5.11 Å². The van der Waals surface area contributed by atoms with Gasteiger partial charge >= 0.3 is 0 Å². The third-order valence-electron chi connectivity index (χ3n) is 4.86. The highest BCUT2D eigenvalue weighted by Crippen LogP contribution is 2.45. The zero-order valence-corrected chi connectivity index (χ0v) is 11.1. The van der Waals surface area contributed by atoms with Crippen molar-refractivity contribution >= 4 is 0 Å². The molecule has 0 bridgehead atoms. The predicted octanol–water partition coefficient (Wildman–Crippen LogP) is 2.67. The Morgan fingerprint density at radius 3 is 2.28 bits per heavy atom. The first kappa shape index (κ1) is 12.2. The Balaban J connectivity index is 1.57. The SMILES string of the molecule is CN(Cc1ccccc1)C1C[C@H]2CC(O)C[C@H]2C1. The van der Waals surface area contributed by atoms with E-state index in [1.165, 1.54) is 18.4 Å². The molecule has 1 aromatic carbocycles. The van der Waals surface area contributed by atoms with Crippen molar-refractivity contribution in [2.24, 2.45) is 11.8 Å². The van der Waals surface area contributed by atoms with Crippen LogP contribution in [0.4, 0.5) is 0 Å². The van der Waals surface area contributed by atoms with Crippen molar-refractivity contribution in [3.63, 3.8) is 0 Å². The number of aliphatic hydroxyl groups is 1. The molecule has 0 aliphatic heterocycles. The zero-order chi connectivity index (χ0) is 12.5. The fourth-order valence-electron chi connectivity index (χ4n) is 3.91. The van der Waals surface area contributed by atoms with Gasteiger partial charge in [0, 0.05) is 12.6 Å². The third-order valence-corrected chi connectivity index (χ3v) is 4.86. The molecule has 1 aromatic rings. The van der Waals surface area contributed by atoms with Gasteiger partial charge in [0.1, 0.15) is 0 Å². The zero-order valence-electron chi connectivity index (χ0n) is 11.1. The van der Waals surface area contributed by atoms with E-state index in [1.807, 2.05) is 0 Å². The van der Waals surface area contributed by atoms with Crippen LogP contribution in [0.2, 0.25) is 0 Å². The Labute approximate surface area is 110 Å². The van der Waals surface area contributed by atoms with Crippen molar-refractivity contribution in [2.45, 2.75) is 44.4 Å². The van der Waals surface area contributed by atoms with E-state index in [0.717, 1.165) is 31.2 Å². The molecule has 2 nitrogen and oxygen atoms in total. The maximum atomic E-state index is 9.68. The second-order valence-corrected chi connectivity index (χ2v) is 6.17. The van der Waals surface area contributed by atoms with Gasteiger partial charge in [-0.25, -0.2) is 0 Å². The summed E-state index contributed by atoms with van der Waals surface area (Å²) in [7, 11) is 2.25. The Kier molecular flexibility index (Phi) is 3.40. The van der Waals surface area contributed by atoms with Crippen molar-refractivity contribution in [3.05, 3.63) is 35.9 Å². The first-order valence-electron chi connectivity index (χ1n) is 7.14. The van der Waals surface area contributed by atoms with Crippen LogP contribution in [0, 0.1) is 11.8 Å². The molecule has 0 saturated heterocycles. The molecule has 3 rings (SSSR count). The first-order chi connectivity index (χ1) is 8.72. The number of hydrogen-bond acceptors (Lipinski definition) is 2. The maximum absolute atomic E-state index is 9.68. The largest absolute Gasteiger partial charge is 0.393 e. The summed E-state index contributed by atoms with van der Waals surface area (Å²) in [6, 6.07) is 11.4. The lowest BCUT2D eigenvalue weighted by Crippen LogP contribution is -2.29. The van der Waals surface area contributed by atoms with E-state index < -0.39 is 0 Å². The van der Waals surface area contributed by atoms with Crippen molar-refractivity contribution in [3.8, 4) is 0 Å². The van der Waals surface area contributed by atoms with Gasteiger partial charge < -0.3 is 5.11 Å². The van der Waals surface area contributed by atoms with Gasteiger partial charge in [0.05, 0.1) is 6.10 Å². The highest BCUT2D eigenvalue weighted by Gasteiger charge is 2.42. The van der Waals surface area contributed by atoms with Gasteiger partial charge in [0.25, 0.3) is 0 Å². The summed E-state index contributed by atoms with van der Waals surface area (Å²) < 4.78 is 0. The number of benzene rings is 1. The predicted molar refractivity (Wildman–Crippen MR) is 73.2 cm³/mol. The van der Waals surface area contributed by atoms with Gasteiger partial charge in [0.15, 0.2) is 0 Å². The lowest BCUT2D eigenvalue weighted by atomic mass is 10.0. The van der Waals surface area contributed by atoms with Crippen LogP contribution in [-0.2, 0) is 6.54 Å². The van der Waals surface area contributed by atoms with Crippen LogP contribution in [0.1, 0.15) is 31.2 Å². The lowest BCUT2D eigenvalue weighted by Gasteiger charge is -2.25. The molecule has 0 heterocycles. The summed E-state index contributed by atoms with van der Waals surface area (Å²) in [4.78, 5) is 2.50. The van der Waals surface area contributed by atoms with Gasteiger partial charge in [-0.05, 0) is 50.1 Å². The fraction of sp³-hybridized carbons (Fsp3) is 0.625. The van der Waals surface area contributed by atoms with E-state index in [0.29, 0.717) is 6.04 Å². The minimum Gasteiger partial charge on any atom is -0.393 e. The summed E-state index contributed by atoms with van der Waals surface area (Å²) in [5.74, 6) is 1.56. The fourth-order valence-corrected chi connectivity index (χ4v) is 3.91. The lowest BCUT2D eigenvalue weighted by molar-refractivity contribution is 0.158. The molecule has 2 aliphatic carbocycles. The second kappa shape index (κ2) is 5.02. The van der Waals surface area contributed by atoms with Crippen LogP contribution in [0.5, 0.6) is 0 Å². The van der Waals surface area contributed by atoms with Crippen LogP contribution >= 0.6 is 0 Å². The van der Waals surface area contributed by atoms with Crippen LogP contribution < -0.4 is 0 Å². The van der Waals surface area contributed by atoms with Crippen LogP contribution in [0.15, 0.2) is 30.3 Å². The number of fused-ring (bicyclic) bond motifs is 1. The summed E-state index contributed by atoms with van der Waals surface area (Å²) in [6.07, 6.45) is 4.64. The molecule has 2 fully saturated rings. The molecule has 4 atom stereocenters. The number of rotatable bonds is 3. The molecule has 2 unspecified atom stereocenters. The smallest absolute Gasteiger partial charge is 0.0545 e. The second-order valence-electron chi connectivity index (χ2n) is 6.17. The maximum Gasteiger partial charge on any atom is 0.0545 e. The third kappa shape index (κ3) is 2.45. The number of nitrogens with zero attached hydrogens (tertiary/aromatic N) is 1. The monoisotopic (exact) mass is 245 g/mol. The average Bonchev–Trinajstić information content (AvgIpc) is 2.87. The Hall–Kier alpha value is -0.860. The van der Waals surface area contributed by atoms with E-state index in [1.54, 1.807) is 0 Å². The van der Waals surface area contributed by atoms with Crippen molar-refractivity contribution in [2.75, 3.05) is 7.05 Å². The molecule has 0 amide bonds.